The summed E-state index contributed by atoms with van der Waals surface area (Å²) in [6.45, 7) is 3.42. The minimum Gasteiger partial charge on any atom is -0.508 e. The Hall–Kier alpha value is -1.37. The number of hydrogen-bond donors (Lipinski definition) is 4. The zero-order valence-corrected chi connectivity index (χ0v) is 12.2. The molecule has 0 bridgehead atoms. The predicted octanol–water partition coefficient (Wildman–Crippen LogP) is 2.28. The molecule has 6 heteroatoms. The summed E-state index contributed by atoms with van der Waals surface area (Å²) in [6, 6.07) is 4.75. The molecule has 0 spiro atoms. The summed E-state index contributed by atoms with van der Waals surface area (Å²) in [6.07, 6.45) is 1.58. The molecule has 1 amide bonds. The molecule has 0 saturated carbocycles. The molecule has 0 aliphatic heterocycles. The summed E-state index contributed by atoms with van der Waals surface area (Å²) in [5.74, 6) is -0.706. The van der Waals surface area contributed by atoms with Gasteiger partial charge in [0.05, 0.1) is 6.10 Å². The highest BCUT2D eigenvalue weighted by Gasteiger charge is 2.28. The van der Waals surface area contributed by atoms with Gasteiger partial charge in [-0.2, -0.15) is 0 Å². The summed E-state index contributed by atoms with van der Waals surface area (Å²) in [4.78, 5) is 11.0. The standard InChI is InChI=1S/C13H16BrNO4/c1-13(2,6-5-11(17)15-19)12(18)9-7-8(14)3-4-10(9)16/h3-7,12,16,18-19H,1-2H3,(H,15,17)/b6-5+/t12-/m1/s1. The molecule has 1 aromatic carbocycles. The fraction of sp³-hybridized carbons (Fsp3) is 0.308. The summed E-state index contributed by atoms with van der Waals surface area (Å²) < 4.78 is 0.729. The number of amides is 1. The molecule has 0 unspecified atom stereocenters. The number of aliphatic hydroxyl groups excluding tert-OH is 1. The number of carbonyl (C=O) groups is 1. The molecule has 104 valence electrons. The van der Waals surface area contributed by atoms with Gasteiger partial charge in [-0.15, -0.1) is 0 Å². The SMILES string of the molecule is CC(C)(/C=C/C(=O)NO)[C@H](O)c1cc(Br)ccc1O. The second-order valence-electron chi connectivity index (χ2n) is 4.74. The van der Waals surface area contributed by atoms with Crippen LogP contribution in [0.3, 0.4) is 0 Å². The number of phenolic OH excluding ortho intramolecular Hbond substituents is 1. The molecule has 19 heavy (non-hydrogen) atoms. The van der Waals surface area contributed by atoms with E-state index >= 15 is 0 Å². The maximum Gasteiger partial charge on any atom is 0.267 e. The lowest BCUT2D eigenvalue weighted by Crippen LogP contribution is -2.22. The molecule has 0 radical (unpaired) electrons. The highest BCUT2D eigenvalue weighted by Crippen LogP contribution is 2.39. The van der Waals surface area contributed by atoms with Gasteiger partial charge in [0, 0.05) is 21.5 Å². The lowest BCUT2D eigenvalue weighted by molar-refractivity contribution is -0.124. The van der Waals surface area contributed by atoms with E-state index in [1.807, 2.05) is 0 Å². The van der Waals surface area contributed by atoms with E-state index in [-0.39, 0.29) is 5.75 Å². The van der Waals surface area contributed by atoms with E-state index < -0.39 is 17.4 Å². The smallest absolute Gasteiger partial charge is 0.267 e. The second kappa shape index (κ2) is 6.18. The number of nitrogens with one attached hydrogen (secondary N) is 1. The first-order valence-electron chi connectivity index (χ1n) is 5.57. The van der Waals surface area contributed by atoms with Crippen molar-refractivity contribution in [3.63, 3.8) is 0 Å². The van der Waals surface area contributed by atoms with Crippen molar-refractivity contribution in [1.82, 2.24) is 5.48 Å². The van der Waals surface area contributed by atoms with Gasteiger partial charge in [-0.1, -0.05) is 35.9 Å². The number of halogens is 1. The van der Waals surface area contributed by atoms with Gasteiger partial charge in [-0.3, -0.25) is 10.0 Å². The number of hydrogen-bond acceptors (Lipinski definition) is 4. The number of phenols is 1. The average molecular weight is 330 g/mol. The first kappa shape index (κ1) is 15.7. The predicted molar refractivity (Wildman–Crippen MR) is 73.6 cm³/mol. The maximum atomic E-state index is 11.0. The summed E-state index contributed by atoms with van der Waals surface area (Å²) in [5, 5.41) is 28.5. The first-order chi connectivity index (χ1) is 8.77. The van der Waals surface area contributed by atoms with Gasteiger partial charge in [0.2, 0.25) is 0 Å². The Kier molecular flexibility index (Phi) is 5.11. The van der Waals surface area contributed by atoms with Gasteiger partial charge >= 0.3 is 0 Å². The van der Waals surface area contributed by atoms with E-state index in [4.69, 9.17) is 5.21 Å². The van der Waals surface area contributed by atoms with Gasteiger partial charge in [0.1, 0.15) is 5.75 Å². The Balaban J connectivity index is 3.03. The van der Waals surface area contributed by atoms with Crippen LogP contribution in [0.1, 0.15) is 25.5 Å². The van der Waals surface area contributed by atoms with Gasteiger partial charge < -0.3 is 10.2 Å². The van der Waals surface area contributed by atoms with Crippen LogP contribution in [0.25, 0.3) is 0 Å². The number of hydroxylamine groups is 1. The van der Waals surface area contributed by atoms with Crippen molar-refractivity contribution >= 4 is 21.8 Å². The molecule has 0 heterocycles. The van der Waals surface area contributed by atoms with Gasteiger partial charge in [-0.25, -0.2) is 5.48 Å². The van der Waals surface area contributed by atoms with Crippen LogP contribution in [0, 0.1) is 5.41 Å². The third-order valence-electron chi connectivity index (χ3n) is 2.76. The van der Waals surface area contributed by atoms with Gasteiger partial charge in [0.15, 0.2) is 0 Å². The summed E-state index contributed by atoms with van der Waals surface area (Å²) >= 11 is 3.27. The molecule has 5 nitrogen and oxygen atoms in total. The van der Waals surface area contributed by atoms with Crippen LogP contribution in [0.15, 0.2) is 34.8 Å². The number of aromatic hydroxyl groups is 1. The van der Waals surface area contributed by atoms with Crippen molar-refractivity contribution in [3.05, 3.63) is 40.4 Å². The van der Waals surface area contributed by atoms with Crippen LogP contribution in [0.5, 0.6) is 5.75 Å². The zero-order chi connectivity index (χ0) is 14.6. The monoisotopic (exact) mass is 329 g/mol. The van der Waals surface area contributed by atoms with Crippen molar-refractivity contribution < 1.29 is 20.2 Å². The van der Waals surface area contributed by atoms with Crippen LogP contribution in [-0.2, 0) is 4.79 Å². The van der Waals surface area contributed by atoms with Crippen molar-refractivity contribution in [2.45, 2.75) is 20.0 Å². The Labute approximate surface area is 119 Å². The molecule has 0 aliphatic carbocycles. The van der Waals surface area contributed by atoms with Crippen LogP contribution in [0.4, 0.5) is 0 Å². The first-order valence-corrected chi connectivity index (χ1v) is 6.37. The summed E-state index contributed by atoms with van der Waals surface area (Å²) in [5.41, 5.74) is 1.03. The Morgan fingerprint density at radius 2 is 2.11 bits per heavy atom. The number of rotatable bonds is 4. The molecule has 1 atom stereocenters. The molecular formula is C13H16BrNO4. The van der Waals surface area contributed by atoms with Crippen molar-refractivity contribution in [2.75, 3.05) is 0 Å². The van der Waals surface area contributed by atoms with Gasteiger partial charge in [0.25, 0.3) is 5.91 Å². The van der Waals surface area contributed by atoms with Crippen LogP contribution < -0.4 is 5.48 Å². The molecule has 0 aliphatic rings. The van der Waals surface area contributed by atoms with E-state index in [1.165, 1.54) is 17.6 Å². The van der Waals surface area contributed by atoms with E-state index in [0.717, 1.165) is 10.5 Å². The molecule has 0 saturated heterocycles. The molecule has 4 N–H and O–H groups in total. The Morgan fingerprint density at radius 1 is 1.47 bits per heavy atom. The van der Waals surface area contributed by atoms with E-state index in [1.54, 1.807) is 26.0 Å². The van der Waals surface area contributed by atoms with E-state index in [0.29, 0.717) is 5.56 Å². The van der Waals surface area contributed by atoms with Gasteiger partial charge in [-0.05, 0) is 18.2 Å². The largest absolute Gasteiger partial charge is 0.508 e. The lowest BCUT2D eigenvalue weighted by Gasteiger charge is -2.28. The fourth-order valence-electron chi connectivity index (χ4n) is 1.56. The maximum absolute atomic E-state index is 11.0. The van der Waals surface area contributed by atoms with Crippen molar-refractivity contribution in [1.29, 1.82) is 0 Å². The van der Waals surface area contributed by atoms with Crippen LogP contribution in [0.2, 0.25) is 0 Å². The van der Waals surface area contributed by atoms with Crippen molar-refractivity contribution in [3.8, 4) is 5.75 Å². The topological polar surface area (TPSA) is 89.8 Å². The molecule has 0 fully saturated rings. The normalized spacial score (nSPS) is 13.5. The lowest BCUT2D eigenvalue weighted by atomic mass is 9.82. The third kappa shape index (κ3) is 4.05. The number of benzene rings is 1. The third-order valence-corrected chi connectivity index (χ3v) is 3.26. The van der Waals surface area contributed by atoms with E-state index in [9.17, 15) is 15.0 Å². The average Bonchev–Trinajstić information content (AvgIpc) is 2.38. The molecule has 1 rings (SSSR count). The molecule has 0 aromatic heterocycles. The Morgan fingerprint density at radius 3 is 2.68 bits per heavy atom. The summed E-state index contributed by atoms with van der Waals surface area (Å²) in [7, 11) is 0. The van der Waals surface area contributed by atoms with Crippen LogP contribution >= 0.6 is 15.9 Å². The highest BCUT2D eigenvalue weighted by atomic mass is 79.9. The van der Waals surface area contributed by atoms with Crippen molar-refractivity contribution in [2.24, 2.45) is 5.41 Å². The molecular weight excluding hydrogens is 314 g/mol. The zero-order valence-electron chi connectivity index (χ0n) is 10.6. The Bertz CT molecular complexity index is 499. The number of carbonyl (C=O) groups excluding carboxylic acids is 1. The second-order valence-corrected chi connectivity index (χ2v) is 5.65. The van der Waals surface area contributed by atoms with Crippen LogP contribution in [-0.4, -0.2) is 21.3 Å². The quantitative estimate of drug-likeness (QED) is 0.387. The molecule has 1 aromatic rings. The minimum atomic E-state index is -1.01. The fourth-order valence-corrected chi connectivity index (χ4v) is 1.94. The number of aliphatic hydroxyl groups is 1. The van der Waals surface area contributed by atoms with E-state index in [2.05, 4.69) is 15.9 Å². The minimum absolute atomic E-state index is 0.0243. The highest BCUT2D eigenvalue weighted by molar-refractivity contribution is 9.10.